The van der Waals surface area contributed by atoms with Crippen molar-refractivity contribution in [2.24, 2.45) is 0 Å². The number of amides is 2. The van der Waals surface area contributed by atoms with Gasteiger partial charge in [-0.1, -0.05) is 6.07 Å². The number of carbonyl (C=O) groups is 2. The van der Waals surface area contributed by atoms with E-state index in [1.54, 1.807) is 15.9 Å². The van der Waals surface area contributed by atoms with Crippen LogP contribution in [0.25, 0.3) is 16.8 Å². The Labute approximate surface area is 211 Å². The van der Waals surface area contributed by atoms with Gasteiger partial charge in [-0.3, -0.25) is 9.20 Å². The third-order valence-corrected chi connectivity index (χ3v) is 6.43. The SMILES string of the molecule is CCN(C(=O)c1cc(F)ccc1-c1cc(C2CN(C(=O)OC(C)(C)C)C2)cn2c(C)nnc12)C(C)C. The molecular weight excluding hydrogens is 461 g/mol. The van der Waals surface area contributed by atoms with Crippen LogP contribution >= 0.6 is 0 Å². The number of halogens is 1. The molecule has 3 heterocycles. The van der Waals surface area contributed by atoms with E-state index in [1.807, 2.05) is 65.1 Å². The molecular formula is C27H34FN5O3. The predicted octanol–water partition coefficient (Wildman–Crippen LogP) is 5.05. The molecule has 3 aromatic rings. The Kier molecular flexibility index (Phi) is 6.77. The topological polar surface area (TPSA) is 80.0 Å². The molecule has 2 amide bonds. The number of rotatable bonds is 5. The highest BCUT2D eigenvalue weighted by Crippen LogP contribution is 2.35. The Morgan fingerprint density at radius 3 is 2.47 bits per heavy atom. The zero-order valence-corrected chi connectivity index (χ0v) is 22.0. The Bertz CT molecular complexity index is 1300. The average Bonchev–Trinajstić information content (AvgIpc) is 3.12. The Balaban J connectivity index is 1.75. The molecule has 1 aliphatic rings. The van der Waals surface area contributed by atoms with Crippen LogP contribution in [0.3, 0.4) is 0 Å². The molecule has 4 rings (SSSR count). The first-order valence-corrected chi connectivity index (χ1v) is 12.3. The lowest BCUT2D eigenvalue weighted by molar-refractivity contribution is 0.00815. The fourth-order valence-corrected chi connectivity index (χ4v) is 4.54. The van der Waals surface area contributed by atoms with Gasteiger partial charge in [0.15, 0.2) is 5.65 Å². The van der Waals surface area contributed by atoms with Gasteiger partial charge in [0.05, 0.1) is 5.56 Å². The first-order valence-electron chi connectivity index (χ1n) is 12.3. The molecule has 192 valence electrons. The van der Waals surface area contributed by atoms with E-state index in [4.69, 9.17) is 4.74 Å². The molecule has 1 fully saturated rings. The number of fused-ring (bicyclic) bond motifs is 1. The first kappa shape index (κ1) is 25.6. The van der Waals surface area contributed by atoms with Gasteiger partial charge in [-0.15, -0.1) is 10.2 Å². The van der Waals surface area contributed by atoms with Gasteiger partial charge >= 0.3 is 6.09 Å². The molecule has 0 bridgehead atoms. The molecule has 0 atom stereocenters. The number of nitrogens with zero attached hydrogens (tertiary/aromatic N) is 5. The maximum Gasteiger partial charge on any atom is 0.410 e. The minimum Gasteiger partial charge on any atom is -0.444 e. The van der Waals surface area contributed by atoms with E-state index >= 15 is 0 Å². The quantitative estimate of drug-likeness (QED) is 0.495. The molecule has 1 aliphatic heterocycles. The van der Waals surface area contributed by atoms with E-state index in [-0.39, 0.29) is 29.5 Å². The highest BCUT2D eigenvalue weighted by Gasteiger charge is 2.35. The lowest BCUT2D eigenvalue weighted by Gasteiger charge is -2.40. The molecule has 2 aromatic heterocycles. The second-order valence-electron chi connectivity index (χ2n) is 10.6. The van der Waals surface area contributed by atoms with Gasteiger partial charge in [0.25, 0.3) is 5.91 Å². The highest BCUT2D eigenvalue weighted by atomic mass is 19.1. The molecule has 0 N–H and O–H groups in total. The Morgan fingerprint density at radius 2 is 1.86 bits per heavy atom. The maximum atomic E-state index is 14.4. The lowest BCUT2D eigenvalue weighted by atomic mass is 9.90. The van der Waals surface area contributed by atoms with Crippen LogP contribution in [0.1, 0.15) is 69.2 Å². The van der Waals surface area contributed by atoms with Gasteiger partial charge in [0, 0.05) is 43.4 Å². The highest BCUT2D eigenvalue weighted by molar-refractivity contribution is 6.02. The van der Waals surface area contributed by atoms with E-state index in [9.17, 15) is 14.0 Å². The second-order valence-corrected chi connectivity index (χ2v) is 10.6. The van der Waals surface area contributed by atoms with Crippen LogP contribution < -0.4 is 0 Å². The van der Waals surface area contributed by atoms with Crippen LogP contribution in [0.2, 0.25) is 0 Å². The van der Waals surface area contributed by atoms with Crippen molar-refractivity contribution in [2.75, 3.05) is 19.6 Å². The molecule has 36 heavy (non-hydrogen) atoms. The summed E-state index contributed by atoms with van der Waals surface area (Å²) in [4.78, 5) is 29.3. The van der Waals surface area contributed by atoms with Gasteiger partial charge in [-0.2, -0.15) is 0 Å². The fourth-order valence-electron chi connectivity index (χ4n) is 4.54. The summed E-state index contributed by atoms with van der Waals surface area (Å²) in [6.45, 7) is 14.7. The normalized spacial score (nSPS) is 14.3. The van der Waals surface area contributed by atoms with Crippen molar-refractivity contribution in [3.05, 3.63) is 53.2 Å². The number of ether oxygens (including phenoxy) is 1. The lowest BCUT2D eigenvalue weighted by Crippen LogP contribution is -2.50. The van der Waals surface area contributed by atoms with E-state index in [0.717, 1.165) is 5.56 Å². The smallest absolute Gasteiger partial charge is 0.410 e. The van der Waals surface area contributed by atoms with Crippen molar-refractivity contribution < 1.29 is 18.7 Å². The van der Waals surface area contributed by atoms with E-state index < -0.39 is 11.4 Å². The third kappa shape index (κ3) is 4.92. The summed E-state index contributed by atoms with van der Waals surface area (Å²) in [7, 11) is 0. The number of carbonyl (C=O) groups excluding carboxylic acids is 2. The van der Waals surface area contributed by atoms with Gasteiger partial charge < -0.3 is 14.5 Å². The van der Waals surface area contributed by atoms with Crippen molar-refractivity contribution in [1.29, 1.82) is 0 Å². The maximum absolute atomic E-state index is 14.4. The van der Waals surface area contributed by atoms with E-state index in [1.165, 1.54) is 12.1 Å². The van der Waals surface area contributed by atoms with Crippen LogP contribution in [0.5, 0.6) is 0 Å². The van der Waals surface area contributed by atoms with Crippen LogP contribution in [0.15, 0.2) is 30.5 Å². The zero-order valence-electron chi connectivity index (χ0n) is 22.0. The first-order chi connectivity index (χ1) is 16.9. The molecule has 8 nitrogen and oxygen atoms in total. The summed E-state index contributed by atoms with van der Waals surface area (Å²) >= 11 is 0. The number of aromatic nitrogens is 3. The summed E-state index contributed by atoms with van der Waals surface area (Å²) < 4.78 is 21.7. The standard InChI is InChI=1S/C27H34FN5O3/c1-8-32(16(2)3)25(34)23-12-20(28)9-10-21(23)22-11-18(15-33-17(4)29-30-24(22)33)19-13-31(14-19)26(35)36-27(5,6)7/h9-12,15-16,19H,8,13-14H2,1-7H3. The van der Waals surface area contributed by atoms with Gasteiger partial charge in [-0.05, 0) is 77.8 Å². The van der Waals surface area contributed by atoms with Crippen molar-refractivity contribution in [3.8, 4) is 11.1 Å². The minimum atomic E-state index is -0.554. The molecule has 0 radical (unpaired) electrons. The largest absolute Gasteiger partial charge is 0.444 e. The molecule has 0 saturated carbocycles. The molecule has 1 saturated heterocycles. The van der Waals surface area contributed by atoms with Crippen molar-refractivity contribution in [3.63, 3.8) is 0 Å². The predicted molar refractivity (Wildman–Crippen MR) is 136 cm³/mol. The summed E-state index contributed by atoms with van der Waals surface area (Å²) in [5.41, 5.74) is 2.61. The van der Waals surface area contributed by atoms with Crippen molar-refractivity contribution in [1.82, 2.24) is 24.4 Å². The Morgan fingerprint density at radius 1 is 1.17 bits per heavy atom. The number of hydrogen-bond acceptors (Lipinski definition) is 5. The molecule has 0 aliphatic carbocycles. The number of likely N-dealkylation sites (tertiary alicyclic amines) is 1. The monoisotopic (exact) mass is 495 g/mol. The van der Waals surface area contributed by atoms with Gasteiger partial charge in [-0.25, -0.2) is 9.18 Å². The summed E-state index contributed by atoms with van der Waals surface area (Å²) in [6, 6.07) is 6.23. The molecule has 1 aromatic carbocycles. The number of aryl methyl sites for hydroxylation is 1. The minimum absolute atomic E-state index is 0.0332. The van der Waals surface area contributed by atoms with Gasteiger partial charge in [0.1, 0.15) is 17.2 Å². The van der Waals surface area contributed by atoms with Crippen LogP contribution in [0.4, 0.5) is 9.18 Å². The zero-order chi connectivity index (χ0) is 26.4. The Hall–Kier alpha value is -3.49. The van der Waals surface area contributed by atoms with E-state index in [2.05, 4.69) is 10.2 Å². The summed E-state index contributed by atoms with van der Waals surface area (Å²) in [5, 5.41) is 8.60. The van der Waals surface area contributed by atoms with Crippen LogP contribution in [0, 0.1) is 12.7 Å². The van der Waals surface area contributed by atoms with Crippen molar-refractivity contribution >= 4 is 17.6 Å². The second kappa shape index (κ2) is 9.52. The average molecular weight is 496 g/mol. The van der Waals surface area contributed by atoms with Crippen molar-refractivity contribution in [2.45, 2.75) is 66.0 Å². The molecule has 9 heteroatoms. The number of benzene rings is 1. The third-order valence-electron chi connectivity index (χ3n) is 6.43. The van der Waals surface area contributed by atoms with Crippen LogP contribution in [-0.4, -0.2) is 67.7 Å². The fraction of sp³-hybridized carbons (Fsp3) is 0.481. The molecule has 0 unspecified atom stereocenters. The summed E-state index contributed by atoms with van der Waals surface area (Å²) in [6.07, 6.45) is 1.64. The van der Waals surface area contributed by atoms with Crippen LogP contribution in [-0.2, 0) is 4.74 Å². The van der Waals surface area contributed by atoms with E-state index in [0.29, 0.717) is 42.2 Å². The summed E-state index contributed by atoms with van der Waals surface area (Å²) in [5.74, 6) is 0.0777. The number of hydrogen-bond donors (Lipinski definition) is 0. The number of pyridine rings is 1. The molecule has 0 spiro atoms. The van der Waals surface area contributed by atoms with Gasteiger partial charge in [0.2, 0.25) is 0 Å².